The van der Waals surface area contributed by atoms with Crippen LogP contribution in [0.1, 0.15) is 29.5 Å². The largest absolute Gasteiger partial charge is 0.271 e. The molecule has 2 aliphatic rings. The van der Waals surface area contributed by atoms with Crippen LogP contribution in [0, 0.1) is 22.5 Å². The maximum absolute atomic E-state index is 13.6. The number of carbonyl (C=O) groups excluding carboxylic acids is 1. The number of amides is 1. The zero-order valence-electron chi connectivity index (χ0n) is 15.2. The molecule has 0 aromatic heterocycles. The third-order valence-corrected chi connectivity index (χ3v) is 5.62. The molecular formula is C21H19N3O3. The van der Waals surface area contributed by atoms with Gasteiger partial charge in [-0.3, -0.25) is 14.9 Å². The van der Waals surface area contributed by atoms with Crippen LogP contribution in [0.15, 0.2) is 60.2 Å². The standard InChI is InChI=1S/C21H19N3O3/c1-13-8-10-16(11-9-13)24-20(25)21(15(3)22-24)14(2)17-6-4-5-7-18(17)19(21)12-23(26)27/h4-11,19H,2,12H2,1,3H3/t19?,21-/m1/s1. The predicted molar refractivity (Wildman–Crippen MR) is 104 cm³/mol. The van der Waals surface area contributed by atoms with Gasteiger partial charge < -0.3 is 0 Å². The maximum Gasteiger partial charge on any atom is 0.264 e. The minimum absolute atomic E-state index is 0.281. The van der Waals surface area contributed by atoms with Crippen molar-refractivity contribution in [2.24, 2.45) is 10.5 Å². The van der Waals surface area contributed by atoms with Gasteiger partial charge in [-0.15, -0.1) is 0 Å². The number of hydrazone groups is 1. The van der Waals surface area contributed by atoms with E-state index >= 15 is 0 Å². The van der Waals surface area contributed by atoms with Gasteiger partial charge in [0, 0.05) is 4.92 Å². The summed E-state index contributed by atoms with van der Waals surface area (Å²) in [6.45, 7) is 7.56. The molecule has 1 spiro atoms. The topological polar surface area (TPSA) is 75.8 Å². The molecule has 0 fully saturated rings. The Morgan fingerprint density at radius 2 is 1.85 bits per heavy atom. The number of rotatable bonds is 3. The summed E-state index contributed by atoms with van der Waals surface area (Å²) in [6, 6.07) is 14.9. The Balaban J connectivity index is 1.87. The second kappa shape index (κ2) is 5.87. The highest BCUT2D eigenvalue weighted by Crippen LogP contribution is 2.58. The van der Waals surface area contributed by atoms with Gasteiger partial charge in [0.2, 0.25) is 6.54 Å². The Labute approximate surface area is 157 Å². The lowest BCUT2D eigenvalue weighted by atomic mass is 9.70. The molecule has 27 heavy (non-hydrogen) atoms. The lowest BCUT2D eigenvalue weighted by molar-refractivity contribution is -0.484. The maximum atomic E-state index is 13.6. The number of anilines is 1. The van der Waals surface area contributed by atoms with Crippen molar-refractivity contribution >= 4 is 22.9 Å². The first-order valence-electron chi connectivity index (χ1n) is 8.74. The molecule has 2 aromatic carbocycles. The minimum Gasteiger partial charge on any atom is -0.271 e. The molecule has 1 amide bonds. The first-order valence-corrected chi connectivity index (χ1v) is 8.74. The van der Waals surface area contributed by atoms with Crippen LogP contribution in [0.2, 0.25) is 0 Å². The molecule has 4 rings (SSSR count). The van der Waals surface area contributed by atoms with E-state index < -0.39 is 11.3 Å². The van der Waals surface area contributed by atoms with Crippen molar-refractivity contribution < 1.29 is 9.72 Å². The monoisotopic (exact) mass is 361 g/mol. The van der Waals surface area contributed by atoms with Gasteiger partial charge >= 0.3 is 0 Å². The van der Waals surface area contributed by atoms with Gasteiger partial charge in [-0.05, 0) is 42.7 Å². The quantitative estimate of drug-likeness (QED) is 0.616. The summed E-state index contributed by atoms with van der Waals surface area (Å²) in [7, 11) is 0. The number of fused-ring (bicyclic) bond motifs is 1. The average molecular weight is 361 g/mol. The SMILES string of the molecule is C=C1c2ccccc2C(C[N+](=O)[O-])[C@@]12C(=O)N(c1ccc(C)cc1)N=C2C. The van der Waals surface area contributed by atoms with Gasteiger partial charge in [0.15, 0.2) is 0 Å². The summed E-state index contributed by atoms with van der Waals surface area (Å²) in [5.41, 5.74) is 3.23. The van der Waals surface area contributed by atoms with Crippen molar-refractivity contribution in [3.63, 3.8) is 0 Å². The van der Waals surface area contributed by atoms with Gasteiger partial charge in [0.25, 0.3) is 5.91 Å². The molecule has 0 saturated carbocycles. The van der Waals surface area contributed by atoms with Crippen LogP contribution < -0.4 is 5.01 Å². The van der Waals surface area contributed by atoms with E-state index in [-0.39, 0.29) is 17.4 Å². The molecule has 1 heterocycles. The van der Waals surface area contributed by atoms with E-state index in [0.717, 1.165) is 16.7 Å². The molecule has 0 saturated heterocycles. The number of benzene rings is 2. The minimum atomic E-state index is -1.21. The Morgan fingerprint density at radius 1 is 1.19 bits per heavy atom. The summed E-state index contributed by atoms with van der Waals surface area (Å²) < 4.78 is 0. The number of aryl methyl sites for hydroxylation is 1. The third kappa shape index (κ3) is 2.26. The number of carbonyl (C=O) groups is 1. The summed E-state index contributed by atoms with van der Waals surface area (Å²) in [5.74, 6) is -0.903. The van der Waals surface area contributed by atoms with Crippen LogP contribution >= 0.6 is 0 Å². The summed E-state index contributed by atoms with van der Waals surface area (Å²) in [5, 5.41) is 17.3. The molecule has 0 N–H and O–H groups in total. The average Bonchev–Trinajstić information content (AvgIpc) is 3.05. The Morgan fingerprint density at radius 3 is 2.52 bits per heavy atom. The van der Waals surface area contributed by atoms with Crippen molar-refractivity contribution in [2.75, 3.05) is 11.6 Å². The Hall–Kier alpha value is -3.28. The molecule has 6 nitrogen and oxygen atoms in total. The third-order valence-electron chi connectivity index (χ3n) is 5.62. The first-order chi connectivity index (χ1) is 12.9. The van der Waals surface area contributed by atoms with E-state index in [4.69, 9.17) is 0 Å². The fraction of sp³-hybridized carbons (Fsp3) is 0.238. The Bertz CT molecular complexity index is 1010. The summed E-state index contributed by atoms with van der Waals surface area (Å²) >= 11 is 0. The second-order valence-corrected chi connectivity index (χ2v) is 7.08. The molecule has 136 valence electrons. The van der Waals surface area contributed by atoms with E-state index in [1.807, 2.05) is 55.5 Å². The van der Waals surface area contributed by atoms with Crippen molar-refractivity contribution in [3.05, 3.63) is 81.9 Å². The van der Waals surface area contributed by atoms with Crippen molar-refractivity contribution in [1.82, 2.24) is 0 Å². The first kappa shape index (κ1) is 17.1. The normalized spacial score (nSPS) is 23.7. The van der Waals surface area contributed by atoms with Crippen LogP contribution in [0.25, 0.3) is 5.57 Å². The molecule has 0 radical (unpaired) electrons. The van der Waals surface area contributed by atoms with E-state index in [2.05, 4.69) is 11.7 Å². The van der Waals surface area contributed by atoms with Crippen LogP contribution in [-0.2, 0) is 4.79 Å². The van der Waals surface area contributed by atoms with Gasteiger partial charge in [-0.25, -0.2) is 0 Å². The number of hydrogen-bond donors (Lipinski definition) is 0. The zero-order chi connectivity index (χ0) is 19.3. The van der Waals surface area contributed by atoms with Crippen LogP contribution in [0.5, 0.6) is 0 Å². The van der Waals surface area contributed by atoms with Gasteiger partial charge in [-0.2, -0.15) is 10.1 Å². The lowest BCUT2D eigenvalue weighted by Gasteiger charge is -2.29. The molecule has 2 atom stereocenters. The molecule has 1 unspecified atom stereocenters. The van der Waals surface area contributed by atoms with Crippen molar-refractivity contribution in [2.45, 2.75) is 19.8 Å². The van der Waals surface area contributed by atoms with E-state index in [0.29, 0.717) is 17.0 Å². The molecular weight excluding hydrogens is 342 g/mol. The summed E-state index contributed by atoms with van der Waals surface area (Å²) in [6.07, 6.45) is 0. The molecule has 2 aromatic rings. The number of hydrogen-bond acceptors (Lipinski definition) is 4. The van der Waals surface area contributed by atoms with Gasteiger partial charge in [-0.1, -0.05) is 48.5 Å². The van der Waals surface area contributed by atoms with Crippen LogP contribution in [0.3, 0.4) is 0 Å². The second-order valence-electron chi connectivity index (χ2n) is 7.08. The summed E-state index contributed by atoms with van der Waals surface area (Å²) in [4.78, 5) is 24.7. The lowest BCUT2D eigenvalue weighted by Crippen LogP contribution is -2.43. The smallest absolute Gasteiger partial charge is 0.264 e. The van der Waals surface area contributed by atoms with Gasteiger partial charge in [0.05, 0.1) is 17.3 Å². The van der Waals surface area contributed by atoms with Crippen molar-refractivity contribution in [3.8, 4) is 0 Å². The van der Waals surface area contributed by atoms with Crippen LogP contribution in [-0.4, -0.2) is 23.1 Å². The fourth-order valence-corrected chi connectivity index (χ4v) is 4.32. The van der Waals surface area contributed by atoms with Crippen LogP contribution in [0.4, 0.5) is 5.69 Å². The zero-order valence-corrected chi connectivity index (χ0v) is 15.2. The van der Waals surface area contributed by atoms with E-state index in [1.165, 1.54) is 5.01 Å². The molecule has 0 bridgehead atoms. The van der Waals surface area contributed by atoms with E-state index in [1.54, 1.807) is 6.92 Å². The molecule has 6 heteroatoms. The predicted octanol–water partition coefficient (Wildman–Crippen LogP) is 3.79. The molecule has 1 aliphatic heterocycles. The van der Waals surface area contributed by atoms with Crippen molar-refractivity contribution in [1.29, 1.82) is 0 Å². The van der Waals surface area contributed by atoms with Gasteiger partial charge in [0.1, 0.15) is 5.41 Å². The highest BCUT2D eigenvalue weighted by atomic mass is 16.6. The Kier molecular flexibility index (Phi) is 3.73. The highest BCUT2D eigenvalue weighted by molar-refractivity contribution is 6.27. The highest BCUT2D eigenvalue weighted by Gasteiger charge is 2.62. The number of nitrogens with zero attached hydrogens (tertiary/aromatic N) is 3. The fourth-order valence-electron chi connectivity index (χ4n) is 4.32. The molecule has 1 aliphatic carbocycles. The van der Waals surface area contributed by atoms with E-state index in [9.17, 15) is 14.9 Å². The number of nitro groups is 1.